The molecule has 0 aliphatic carbocycles. The molecule has 2 aromatic rings. The van der Waals surface area contributed by atoms with Gasteiger partial charge in [0.05, 0.1) is 23.2 Å². The minimum absolute atomic E-state index is 0.0819. The van der Waals surface area contributed by atoms with Crippen LogP contribution in [-0.2, 0) is 11.2 Å². The normalized spacial score (nSPS) is 10.4. The van der Waals surface area contributed by atoms with Gasteiger partial charge in [-0.05, 0) is 12.1 Å². The van der Waals surface area contributed by atoms with Crippen molar-refractivity contribution in [3.63, 3.8) is 0 Å². The Balaban J connectivity index is 2.32. The van der Waals surface area contributed by atoms with E-state index in [1.54, 1.807) is 0 Å². The predicted octanol–water partition coefficient (Wildman–Crippen LogP) is 1.85. The van der Waals surface area contributed by atoms with Gasteiger partial charge in [-0.1, -0.05) is 16.8 Å². The Kier molecular flexibility index (Phi) is 3.94. The highest BCUT2D eigenvalue weighted by Gasteiger charge is 2.17. The topological polar surface area (TPSA) is 111 Å². The van der Waals surface area contributed by atoms with E-state index in [2.05, 4.69) is 10.3 Å². The maximum Gasteiger partial charge on any atom is 0.303 e. The van der Waals surface area contributed by atoms with Crippen molar-refractivity contribution >= 4 is 23.3 Å². The van der Waals surface area contributed by atoms with E-state index in [0.717, 1.165) is 0 Å². The number of carboxylic acids is 1. The Labute approximate surface area is 117 Å². The van der Waals surface area contributed by atoms with Gasteiger partial charge in [-0.3, -0.25) is 14.9 Å². The molecular weight excluding hydrogens is 288 g/mol. The Hall–Kier alpha value is -2.48. The zero-order valence-electron chi connectivity index (χ0n) is 10.1. The van der Waals surface area contributed by atoms with Crippen LogP contribution in [0.15, 0.2) is 24.4 Å². The Bertz CT molecular complexity index is 670. The molecule has 0 saturated heterocycles. The Morgan fingerprint density at radius 2 is 2.25 bits per heavy atom. The van der Waals surface area contributed by atoms with Crippen molar-refractivity contribution in [1.29, 1.82) is 0 Å². The molecule has 1 aromatic heterocycles. The van der Waals surface area contributed by atoms with Crippen LogP contribution in [0.5, 0.6) is 0 Å². The number of hydrogen-bond donors (Lipinski definition) is 1. The highest BCUT2D eigenvalue weighted by molar-refractivity contribution is 6.30. The molecule has 1 heterocycles. The molecule has 0 spiro atoms. The maximum absolute atomic E-state index is 11.0. The zero-order chi connectivity index (χ0) is 14.7. The number of aromatic nitrogens is 3. The summed E-state index contributed by atoms with van der Waals surface area (Å²) in [5, 5.41) is 27.4. The van der Waals surface area contributed by atoms with Gasteiger partial charge in [0.1, 0.15) is 5.69 Å². The molecule has 0 fully saturated rings. The van der Waals surface area contributed by atoms with Gasteiger partial charge < -0.3 is 5.11 Å². The lowest BCUT2D eigenvalue weighted by Gasteiger charge is -2.01. The number of nitrogens with zero attached hydrogens (tertiary/aromatic N) is 4. The van der Waals surface area contributed by atoms with E-state index < -0.39 is 10.9 Å². The van der Waals surface area contributed by atoms with Gasteiger partial charge in [-0.2, -0.15) is 0 Å². The van der Waals surface area contributed by atoms with Crippen LogP contribution in [0, 0.1) is 10.1 Å². The summed E-state index contributed by atoms with van der Waals surface area (Å²) < 4.78 is 1.23. The van der Waals surface area contributed by atoms with Crippen LogP contribution >= 0.6 is 11.6 Å². The van der Waals surface area contributed by atoms with Crippen LogP contribution in [0.4, 0.5) is 5.69 Å². The first-order valence-corrected chi connectivity index (χ1v) is 5.92. The smallest absolute Gasteiger partial charge is 0.303 e. The zero-order valence-corrected chi connectivity index (χ0v) is 10.8. The summed E-state index contributed by atoms with van der Waals surface area (Å²) in [6.45, 7) is 0. The largest absolute Gasteiger partial charge is 0.481 e. The van der Waals surface area contributed by atoms with E-state index in [-0.39, 0.29) is 29.2 Å². The standard InChI is InChI=1S/C11H9ClN4O4/c12-7-1-3-9(10(5-7)16(19)20)15-6-8(13-14-15)2-4-11(17)18/h1,3,5-6H,2,4H2,(H,17,18). The average Bonchev–Trinajstić information content (AvgIpc) is 2.84. The van der Waals surface area contributed by atoms with Crippen LogP contribution in [-0.4, -0.2) is 31.0 Å². The molecule has 1 N–H and O–H groups in total. The third-order valence-corrected chi connectivity index (χ3v) is 2.75. The second kappa shape index (κ2) is 5.66. The van der Waals surface area contributed by atoms with Crippen LogP contribution in [0.3, 0.4) is 0 Å². The number of carbonyl (C=O) groups is 1. The summed E-state index contributed by atoms with van der Waals surface area (Å²) in [7, 11) is 0. The molecule has 0 aliphatic heterocycles. The van der Waals surface area contributed by atoms with Gasteiger partial charge in [0, 0.05) is 17.5 Å². The number of rotatable bonds is 5. The van der Waals surface area contributed by atoms with Gasteiger partial charge in [0.2, 0.25) is 0 Å². The van der Waals surface area contributed by atoms with Crippen LogP contribution in [0.2, 0.25) is 5.02 Å². The first kappa shape index (κ1) is 13.9. The lowest BCUT2D eigenvalue weighted by atomic mass is 10.2. The Morgan fingerprint density at radius 3 is 2.90 bits per heavy atom. The maximum atomic E-state index is 11.0. The second-order valence-electron chi connectivity index (χ2n) is 3.94. The molecule has 0 bridgehead atoms. The SMILES string of the molecule is O=C(O)CCc1cn(-c2ccc(Cl)cc2[N+](=O)[O-])nn1. The number of nitro groups is 1. The molecular formula is C11H9ClN4O4. The molecule has 0 saturated carbocycles. The minimum Gasteiger partial charge on any atom is -0.481 e. The number of aryl methyl sites for hydroxylation is 1. The molecule has 8 nitrogen and oxygen atoms in total. The molecule has 104 valence electrons. The summed E-state index contributed by atoms with van der Waals surface area (Å²) in [6.07, 6.45) is 1.58. The second-order valence-corrected chi connectivity index (χ2v) is 4.37. The summed E-state index contributed by atoms with van der Waals surface area (Å²) in [6, 6.07) is 4.17. The average molecular weight is 297 g/mol. The first-order valence-electron chi connectivity index (χ1n) is 5.54. The molecule has 0 amide bonds. The van der Waals surface area contributed by atoms with Crippen molar-refractivity contribution < 1.29 is 14.8 Å². The highest BCUT2D eigenvalue weighted by Crippen LogP contribution is 2.26. The van der Waals surface area contributed by atoms with Crippen LogP contribution in [0.25, 0.3) is 5.69 Å². The number of nitro benzene ring substituents is 1. The molecule has 0 unspecified atom stereocenters. The van der Waals surface area contributed by atoms with Crippen LogP contribution < -0.4 is 0 Å². The van der Waals surface area contributed by atoms with Crippen molar-refractivity contribution in [2.75, 3.05) is 0 Å². The molecule has 0 atom stereocenters. The lowest BCUT2D eigenvalue weighted by Crippen LogP contribution is -2.00. The summed E-state index contributed by atoms with van der Waals surface area (Å²) in [5.41, 5.74) is 0.456. The molecule has 20 heavy (non-hydrogen) atoms. The van der Waals surface area contributed by atoms with E-state index in [4.69, 9.17) is 16.7 Å². The molecule has 0 radical (unpaired) electrons. The molecule has 2 rings (SSSR count). The third kappa shape index (κ3) is 3.09. The van der Waals surface area contributed by atoms with E-state index in [1.807, 2.05) is 0 Å². The fraction of sp³-hybridized carbons (Fsp3) is 0.182. The molecule has 9 heteroatoms. The van der Waals surface area contributed by atoms with Crippen molar-refractivity contribution in [3.8, 4) is 5.69 Å². The van der Waals surface area contributed by atoms with Gasteiger partial charge in [0.25, 0.3) is 5.69 Å². The van der Waals surface area contributed by atoms with Crippen LogP contribution in [0.1, 0.15) is 12.1 Å². The van der Waals surface area contributed by atoms with Gasteiger partial charge in [-0.15, -0.1) is 5.10 Å². The summed E-state index contributed by atoms with van der Waals surface area (Å²) in [4.78, 5) is 20.9. The minimum atomic E-state index is -0.947. The van der Waals surface area contributed by atoms with E-state index in [9.17, 15) is 14.9 Å². The number of halogens is 1. The van der Waals surface area contributed by atoms with E-state index in [0.29, 0.717) is 5.69 Å². The monoisotopic (exact) mass is 296 g/mol. The highest BCUT2D eigenvalue weighted by atomic mass is 35.5. The fourth-order valence-electron chi connectivity index (χ4n) is 1.60. The summed E-state index contributed by atoms with van der Waals surface area (Å²) in [5.74, 6) is -0.947. The fourth-order valence-corrected chi connectivity index (χ4v) is 1.77. The lowest BCUT2D eigenvalue weighted by molar-refractivity contribution is -0.384. The predicted molar refractivity (Wildman–Crippen MR) is 69.0 cm³/mol. The number of carboxylic acid groups (broad SMARTS) is 1. The Morgan fingerprint density at radius 1 is 1.50 bits per heavy atom. The third-order valence-electron chi connectivity index (χ3n) is 2.52. The number of benzene rings is 1. The molecule has 0 aliphatic rings. The number of aliphatic carboxylic acids is 1. The quantitative estimate of drug-likeness (QED) is 0.665. The summed E-state index contributed by atoms with van der Waals surface area (Å²) >= 11 is 5.72. The van der Waals surface area contributed by atoms with Crippen molar-refractivity contribution in [2.45, 2.75) is 12.8 Å². The van der Waals surface area contributed by atoms with E-state index >= 15 is 0 Å². The van der Waals surface area contributed by atoms with Crippen molar-refractivity contribution in [2.24, 2.45) is 0 Å². The van der Waals surface area contributed by atoms with Gasteiger partial charge in [0.15, 0.2) is 0 Å². The van der Waals surface area contributed by atoms with Crippen molar-refractivity contribution in [1.82, 2.24) is 15.0 Å². The van der Waals surface area contributed by atoms with Gasteiger partial charge >= 0.3 is 5.97 Å². The van der Waals surface area contributed by atoms with Gasteiger partial charge in [-0.25, -0.2) is 4.68 Å². The number of hydrogen-bond acceptors (Lipinski definition) is 5. The van der Waals surface area contributed by atoms with Crippen molar-refractivity contribution in [3.05, 3.63) is 45.2 Å². The van der Waals surface area contributed by atoms with E-state index in [1.165, 1.54) is 29.1 Å². The first-order chi connectivity index (χ1) is 9.47. The molecule has 1 aromatic carbocycles.